The minimum atomic E-state index is -0.533. The first-order valence-corrected chi connectivity index (χ1v) is 8.62. The second-order valence-corrected chi connectivity index (χ2v) is 6.61. The van der Waals surface area contributed by atoms with Crippen molar-refractivity contribution >= 4 is 11.7 Å². The molecule has 1 aliphatic carbocycles. The second kappa shape index (κ2) is 7.61. The van der Waals surface area contributed by atoms with Gasteiger partial charge in [0.15, 0.2) is 0 Å². The van der Waals surface area contributed by atoms with Crippen molar-refractivity contribution in [1.82, 2.24) is 14.7 Å². The molecular weight excluding hydrogens is 318 g/mol. The normalized spacial score (nSPS) is 20.2. The van der Waals surface area contributed by atoms with Crippen molar-refractivity contribution in [3.63, 3.8) is 0 Å². The SMILES string of the molecule is CN(C(=O)C(=O)c1cnn(-c2ccccc2)c1)C1CCC(CO)CC1. The summed E-state index contributed by atoms with van der Waals surface area (Å²) >= 11 is 0. The van der Waals surface area contributed by atoms with Crippen LogP contribution in [0.25, 0.3) is 5.69 Å². The second-order valence-electron chi connectivity index (χ2n) is 6.61. The van der Waals surface area contributed by atoms with E-state index in [1.165, 1.54) is 6.20 Å². The molecule has 0 radical (unpaired) electrons. The lowest BCUT2D eigenvalue weighted by Crippen LogP contribution is -2.43. The number of hydrogen-bond acceptors (Lipinski definition) is 4. The van der Waals surface area contributed by atoms with E-state index in [1.54, 1.807) is 22.8 Å². The largest absolute Gasteiger partial charge is 0.396 e. The van der Waals surface area contributed by atoms with Gasteiger partial charge in [-0.3, -0.25) is 9.59 Å². The van der Waals surface area contributed by atoms with Crippen molar-refractivity contribution in [2.45, 2.75) is 31.7 Å². The van der Waals surface area contributed by atoms with Gasteiger partial charge in [-0.2, -0.15) is 5.10 Å². The maximum Gasteiger partial charge on any atom is 0.295 e. The molecular formula is C19H23N3O3. The fourth-order valence-corrected chi connectivity index (χ4v) is 3.33. The van der Waals surface area contributed by atoms with Crippen molar-refractivity contribution < 1.29 is 14.7 Å². The van der Waals surface area contributed by atoms with Gasteiger partial charge in [-0.1, -0.05) is 18.2 Å². The maximum atomic E-state index is 12.5. The molecule has 2 aromatic rings. The first kappa shape index (κ1) is 17.4. The van der Waals surface area contributed by atoms with Crippen LogP contribution in [0.5, 0.6) is 0 Å². The highest BCUT2D eigenvalue weighted by Gasteiger charge is 2.30. The van der Waals surface area contributed by atoms with Crippen LogP contribution in [0.4, 0.5) is 0 Å². The molecule has 132 valence electrons. The molecule has 0 saturated heterocycles. The third-order valence-electron chi connectivity index (χ3n) is 5.00. The molecule has 1 aliphatic rings. The minimum absolute atomic E-state index is 0.0587. The average Bonchev–Trinajstić information content (AvgIpc) is 3.17. The van der Waals surface area contributed by atoms with Gasteiger partial charge in [0.1, 0.15) is 0 Å². The van der Waals surface area contributed by atoms with Gasteiger partial charge in [-0.05, 0) is 43.7 Å². The number of para-hydroxylation sites is 1. The summed E-state index contributed by atoms with van der Waals surface area (Å²) in [5, 5.41) is 13.4. The standard InChI is InChI=1S/C19H23N3O3/c1-21(16-9-7-14(13-23)8-10-16)19(25)18(24)15-11-20-22(12-15)17-5-3-2-4-6-17/h2-6,11-12,14,16,23H,7-10,13H2,1H3. The molecule has 1 saturated carbocycles. The van der Waals surface area contributed by atoms with Gasteiger partial charge in [0.2, 0.25) is 0 Å². The summed E-state index contributed by atoms with van der Waals surface area (Å²) in [5.74, 6) is -0.714. The number of rotatable bonds is 5. The molecule has 0 bridgehead atoms. The van der Waals surface area contributed by atoms with Crippen molar-refractivity contribution in [2.75, 3.05) is 13.7 Å². The van der Waals surface area contributed by atoms with E-state index in [0.717, 1.165) is 31.4 Å². The molecule has 1 N–H and O–H groups in total. The quantitative estimate of drug-likeness (QED) is 0.667. The average molecular weight is 341 g/mol. The third kappa shape index (κ3) is 3.79. The highest BCUT2D eigenvalue weighted by atomic mass is 16.3. The van der Waals surface area contributed by atoms with Gasteiger partial charge in [0.25, 0.3) is 11.7 Å². The molecule has 1 heterocycles. The van der Waals surface area contributed by atoms with Crippen LogP contribution in [0.15, 0.2) is 42.7 Å². The van der Waals surface area contributed by atoms with Crippen molar-refractivity contribution in [3.8, 4) is 5.69 Å². The number of carbonyl (C=O) groups excluding carboxylic acids is 2. The van der Waals surface area contributed by atoms with Crippen LogP contribution in [0.3, 0.4) is 0 Å². The van der Waals surface area contributed by atoms with Gasteiger partial charge < -0.3 is 10.0 Å². The van der Waals surface area contributed by atoms with E-state index in [9.17, 15) is 14.7 Å². The molecule has 1 fully saturated rings. The smallest absolute Gasteiger partial charge is 0.295 e. The molecule has 0 spiro atoms. The fourth-order valence-electron chi connectivity index (χ4n) is 3.33. The number of benzene rings is 1. The van der Waals surface area contributed by atoms with Crippen LogP contribution in [0.1, 0.15) is 36.0 Å². The molecule has 6 nitrogen and oxygen atoms in total. The van der Waals surface area contributed by atoms with E-state index in [2.05, 4.69) is 5.10 Å². The Hall–Kier alpha value is -2.47. The lowest BCUT2D eigenvalue weighted by atomic mass is 9.86. The number of amides is 1. The number of hydrogen-bond donors (Lipinski definition) is 1. The van der Waals surface area contributed by atoms with Crippen LogP contribution < -0.4 is 0 Å². The van der Waals surface area contributed by atoms with E-state index in [1.807, 2.05) is 30.3 Å². The minimum Gasteiger partial charge on any atom is -0.396 e. The van der Waals surface area contributed by atoms with Gasteiger partial charge in [0, 0.05) is 25.9 Å². The Morgan fingerprint density at radius 2 is 1.88 bits per heavy atom. The Kier molecular flexibility index (Phi) is 5.28. The monoisotopic (exact) mass is 341 g/mol. The number of aliphatic hydroxyl groups excluding tert-OH is 1. The van der Waals surface area contributed by atoms with Crippen LogP contribution >= 0.6 is 0 Å². The van der Waals surface area contributed by atoms with Gasteiger partial charge in [-0.15, -0.1) is 0 Å². The number of ketones is 1. The van der Waals surface area contributed by atoms with Gasteiger partial charge in [-0.25, -0.2) is 4.68 Å². The van der Waals surface area contributed by atoms with Crippen molar-refractivity contribution in [2.24, 2.45) is 5.92 Å². The topological polar surface area (TPSA) is 75.4 Å². The predicted molar refractivity (Wildman–Crippen MR) is 93.5 cm³/mol. The number of carbonyl (C=O) groups is 2. The first-order chi connectivity index (χ1) is 12.1. The molecule has 3 rings (SSSR count). The van der Waals surface area contributed by atoms with Crippen molar-refractivity contribution in [3.05, 3.63) is 48.3 Å². The summed E-state index contributed by atoms with van der Waals surface area (Å²) in [6, 6.07) is 9.51. The van der Waals surface area contributed by atoms with Crippen LogP contribution in [-0.4, -0.2) is 51.2 Å². The maximum absolute atomic E-state index is 12.5. The number of Topliss-reactive ketones (excluding diaryl/α,β-unsaturated/α-hetero) is 1. The third-order valence-corrected chi connectivity index (χ3v) is 5.00. The summed E-state index contributed by atoms with van der Waals surface area (Å²) in [6.07, 6.45) is 6.45. The number of aromatic nitrogens is 2. The number of likely N-dealkylation sites (N-methyl/N-ethyl adjacent to an activating group) is 1. The Balaban J connectivity index is 1.66. The molecule has 0 aliphatic heterocycles. The lowest BCUT2D eigenvalue weighted by molar-refractivity contribution is -0.128. The van der Waals surface area contributed by atoms with Crippen LogP contribution in [0, 0.1) is 5.92 Å². The molecule has 1 aromatic carbocycles. The van der Waals surface area contributed by atoms with Gasteiger partial charge >= 0.3 is 0 Å². The summed E-state index contributed by atoms with van der Waals surface area (Å²) in [5.41, 5.74) is 1.13. The summed E-state index contributed by atoms with van der Waals surface area (Å²) in [4.78, 5) is 26.6. The first-order valence-electron chi connectivity index (χ1n) is 8.62. The molecule has 25 heavy (non-hydrogen) atoms. The highest BCUT2D eigenvalue weighted by Crippen LogP contribution is 2.27. The summed E-state index contributed by atoms with van der Waals surface area (Å²) in [7, 11) is 1.69. The van der Waals surface area contributed by atoms with Crippen LogP contribution in [0.2, 0.25) is 0 Å². The molecule has 0 unspecified atom stereocenters. The Bertz CT molecular complexity index is 733. The van der Waals surface area contributed by atoms with E-state index in [0.29, 0.717) is 11.5 Å². The van der Waals surface area contributed by atoms with E-state index >= 15 is 0 Å². The summed E-state index contributed by atoms with van der Waals surface area (Å²) < 4.78 is 1.59. The molecule has 1 aromatic heterocycles. The van der Waals surface area contributed by atoms with E-state index in [4.69, 9.17) is 0 Å². The molecule has 0 atom stereocenters. The molecule has 6 heteroatoms. The molecule has 1 amide bonds. The Labute approximate surface area is 147 Å². The Morgan fingerprint density at radius 1 is 1.20 bits per heavy atom. The van der Waals surface area contributed by atoms with Crippen molar-refractivity contribution in [1.29, 1.82) is 0 Å². The number of aliphatic hydroxyl groups is 1. The zero-order valence-corrected chi connectivity index (χ0v) is 14.3. The predicted octanol–water partition coefficient (Wildman–Crippen LogP) is 2.06. The van der Waals surface area contributed by atoms with Gasteiger partial charge in [0.05, 0.1) is 17.4 Å². The summed E-state index contributed by atoms with van der Waals surface area (Å²) in [6.45, 7) is 0.196. The fraction of sp³-hybridized carbons (Fsp3) is 0.421. The highest BCUT2D eigenvalue weighted by molar-refractivity contribution is 6.42. The van der Waals surface area contributed by atoms with E-state index in [-0.39, 0.29) is 12.6 Å². The Morgan fingerprint density at radius 3 is 2.52 bits per heavy atom. The van der Waals surface area contributed by atoms with E-state index < -0.39 is 11.7 Å². The zero-order valence-electron chi connectivity index (χ0n) is 14.3. The zero-order chi connectivity index (χ0) is 17.8. The van der Waals surface area contributed by atoms with Crippen LogP contribution in [-0.2, 0) is 4.79 Å². The lowest BCUT2D eigenvalue weighted by Gasteiger charge is -2.33. The number of nitrogens with zero attached hydrogens (tertiary/aromatic N) is 3.